The van der Waals surface area contributed by atoms with E-state index in [1.165, 1.54) is 0 Å². The molecule has 12 heavy (non-hydrogen) atoms. The SMILES string of the molecule is Nc1nnc(N)c2c1COC2=O. The molecule has 6 heteroatoms. The minimum atomic E-state index is -0.482. The van der Waals surface area contributed by atoms with E-state index in [0.717, 1.165) is 0 Å². The Morgan fingerprint density at radius 1 is 1.25 bits per heavy atom. The van der Waals surface area contributed by atoms with Crippen molar-refractivity contribution in [3.05, 3.63) is 11.1 Å². The molecule has 62 valence electrons. The molecular formula is C6H6N4O2. The van der Waals surface area contributed by atoms with E-state index in [1.807, 2.05) is 0 Å². The van der Waals surface area contributed by atoms with Crippen LogP contribution < -0.4 is 11.5 Å². The van der Waals surface area contributed by atoms with Crippen molar-refractivity contribution < 1.29 is 9.53 Å². The Labute approximate surface area is 67.5 Å². The number of hydrogen-bond acceptors (Lipinski definition) is 6. The molecule has 6 nitrogen and oxygen atoms in total. The Balaban J connectivity index is 2.72. The number of ether oxygens (including phenoxy) is 1. The van der Waals surface area contributed by atoms with Crippen LogP contribution in [0.5, 0.6) is 0 Å². The number of carbonyl (C=O) groups is 1. The standard InChI is InChI=1S/C6H6N4O2/c7-4-2-1-12-6(11)3(2)5(8)10-9-4/h1H2,(H2,7,9)(H2,8,10). The summed E-state index contributed by atoms with van der Waals surface area (Å²) in [5, 5.41) is 7.06. The maximum Gasteiger partial charge on any atom is 0.342 e. The number of hydrogen-bond donors (Lipinski definition) is 2. The summed E-state index contributed by atoms with van der Waals surface area (Å²) in [6, 6.07) is 0. The number of rotatable bonds is 0. The molecule has 0 aromatic carbocycles. The zero-order chi connectivity index (χ0) is 8.72. The zero-order valence-corrected chi connectivity index (χ0v) is 6.07. The fourth-order valence-electron chi connectivity index (χ4n) is 1.08. The highest BCUT2D eigenvalue weighted by Crippen LogP contribution is 2.26. The van der Waals surface area contributed by atoms with Crippen molar-refractivity contribution in [3.63, 3.8) is 0 Å². The van der Waals surface area contributed by atoms with Gasteiger partial charge in [-0.1, -0.05) is 0 Å². The maximum atomic E-state index is 11.0. The molecule has 2 heterocycles. The second-order valence-electron chi connectivity index (χ2n) is 2.40. The first kappa shape index (κ1) is 6.84. The van der Waals surface area contributed by atoms with Gasteiger partial charge in [-0.15, -0.1) is 10.2 Å². The summed E-state index contributed by atoms with van der Waals surface area (Å²) in [6.45, 7) is 0.139. The molecule has 0 bridgehead atoms. The lowest BCUT2D eigenvalue weighted by atomic mass is 10.2. The molecule has 0 fully saturated rings. The highest BCUT2D eigenvalue weighted by atomic mass is 16.5. The summed E-state index contributed by atoms with van der Waals surface area (Å²) in [7, 11) is 0. The molecule has 0 spiro atoms. The molecule has 0 unspecified atom stereocenters. The smallest absolute Gasteiger partial charge is 0.342 e. The van der Waals surface area contributed by atoms with Crippen LogP contribution in [0.4, 0.5) is 11.6 Å². The van der Waals surface area contributed by atoms with Crippen molar-refractivity contribution in [2.24, 2.45) is 0 Å². The maximum absolute atomic E-state index is 11.0. The fourth-order valence-corrected chi connectivity index (χ4v) is 1.08. The monoisotopic (exact) mass is 166 g/mol. The molecule has 0 amide bonds. The molecule has 1 aromatic heterocycles. The average Bonchev–Trinajstić information content (AvgIpc) is 2.42. The topological polar surface area (TPSA) is 104 Å². The number of aromatic nitrogens is 2. The van der Waals surface area contributed by atoms with Crippen molar-refractivity contribution in [1.29, 1.82) is 0 Å². The molecule has 1 aliphatic heterocycles. The van der Waals surface area contributed by atoms with Gasteiger partial charge in [0.2, 0.25) is 0 Å². The molecular weight excluding hydrogens is 160 g/mol. The highest BCUT2D eigenvalue weighted by Gasteiger charge is 2.27. The molecule has 0 saturated carbocycles. The number of carbonyl (C=O) groups excluding carboxylic acids is 1. The summed E-state index contributed by atoms with van der Waals surface area (Å²) >= 11 is 0. The van der Waals surface area contributed by atoms with Crippen molar-refractivity contribution in [2.45, 2.75) is 6.61 Å². The molecule has 0 aliphatic carbocycles. The normalized spacial score (nSPS) is 14.2. The predicted molar refractivity (Wildman–Crippen MR) is 40.0 cm³/mol. The van der Waals surface area contributed by atoms with Crippen LogP contribution in [0.3, 0.4) is 0 Å². The van der Waals surface area contributed by atoms with Gasteiger partial charge >= 0.3 is 5.97 Å². The van der Waals surface area contributed by atoms with Gasteiger partial charge in [0.05, 0.1) is 5.56 Å². The van der Waals surface area contributed by atoms with Gasteiger partial charge < -0.3 is 16.2 Å². The van der Waals surface area contributed by atoms with Gasteiger partial charge in [-0.05, 0) is 0 Å². The van der Waals surface area contributed by atoms with Gasteiger partial charge in [-0.3, -0.25) is 0 Å². The van der Waals surface area contributed by atoms with Crippen LogP contribution in [0.2, 0.25) is 0 Å². The van der Waals surface area contributed by atoms with E-state index in [1.54, 1.807) is 0 Å². The first-order valence-corrected chi connectivity index (χ1v) is 3.28. The molecule has 4 N–H and O–H groups in total. The van der Waals surface area contributed by atoms with E-state index >= 15 is 0 Å². The van der Waals surface area contributed by atoms with Crippen LogP contribution in [-0.4, -0.2) is 16.2 Å². The highest BCUT2D eigenvalue weighted by molar-refractivity contribution is 5.98. The van der Waals surface area contributed by atoms with Crippen LogP contribution in [0, 0.1) is 0 Å². The Kier molecular flexibility index (Phi) is 1.18. The van der Waals surface area contributed by atoms with E-state index in [0.29, 0.717) is 5.56 Å². The van der Waals surface area contributed by atoms with Crippen LogP contribution in [0.15, 0.2) is 0 Å². The van der Waals surface area contributed by atoms with Crippen molar-refractivity contribution in [2.75, 3.05) is 11.5 Å². The van der Waals surface area contributed by atoms with Gasteiger partial charge in [0.1, 0.15) is 12.2 Å². The van der Waals surface area contributed by atoms with Crippen molar-refractivity contribution in [1.82, 2.24) is 10.2 Å². The Morgan fingerprint density at radius 2 is 1.92 bits per heavy atom. The third-order valence-corrected chi connectivity index (χ3v) is 1.68. The first-order chi connectivity index (χ1) is 5.70. The molecule has 0 saturated heterocycles. The van der Waals surface area contributed by atoms with Gasteiger partial charge in [-0.25, -0.2) is 4.79 Å². The number of fused-ring (bicyclic) bond motifs is 1. The van der Waals surface area contributed by atoms with Crippen LogP contribution in [-0.2, 0) is 11.3 Å². The van der Waals surface area contributed by atoms with Gasteiger partial charge in [0, 0.05) is 0 Å². The summed E-state index contributed by atoms with van der Waals surface area (Å²) in [5.41, 5.74) is 11.6. The second kappa shape index (κ2) is 2.07. The van der Waals surface area contributed by atoms with E-state index in [4.69, 9.17) is 16.2 Å². The van der Waals surface area contributed by atoms with Crippen molar-refractivity contribution >= 4 is 17.6 Å². The summed E-state index contributed by atoms with van der Waals surface area (Å²) in [5.74, 6) is -0.212. The minimum Gasteiger partial charge on any atom is -0.457 e. The lowest BCUT2D eigenvalue weighted by Crippen LogP contribution is -2.07. The molecule has 2 rings (SSSR count). The third-order valence-electron chi connectivity index (χ3n) is 1.68. The Hall–Kier alpha value is -1.85. The van der Waals surface area contributed by atoms with Gasteiger partial charge in [0.15, 0.2) is 11.6 Å². The lowest BCUT2D eigenvalue weighted by molar-refractivity contribution is 0.0536. The predicted octanol–water partition coefficient (Wildman–Crippen LogP) is -0.689. The lowest BCUT2D eigenvalue weighted by Gasteiger charge is -1.98. The van der Waals surface area contributed by atoms with E-state index in [9.17, 15) is 4.79 Å². The third kappa shape index (κ3) is 0.714. The minimum absolute atomic E-state index is 0.0710. The summed E-state index contributed by atoms with van der Waals surface area (Å²) in [6.07, 6.45) is 0. The Morgan fingerprint density at radius 3 is 2.58 bits per heavy atom. The van der Waals surface area contributed by atoms with Crippen LogP contribution >= 0.6 is 0 Å². The molecule has 0 radical (unpaired) electrons. The second-order valence-corrected chi connectivity index (χ2v) is 2.40. The van der Waals surface area contributed by atoms with Crippen LogP contribution in [0.25, 0.3) is 0 Å². The van der Waals surface area contributed by atoms with Crippen LogP contribution in [0.1, 0.15) is 15.9 Å². The fraction of sp³-hybridized carbons (Fsp3) is 0.167. The van der Waals surface area contributed by atoms with E-state index in [-0.39, 0.29) is 23.8 Å². The summed E-state index contributed by atoms with van der Waals surface area (Å²) in [4.78, 5) is 11.0. The van der Waals surface area contributed by atoms with E-state index in [2.05, 4.69) is 10.2 Å². The number of nitrogens with zero attached hydrogens (tertiary/aromatic N) is 2. The quantitative estimate of drug-likeness (QED) is 0.494. The number of nitrogens with two attached hydrogens (primary N) is 2. The average molecular weight is 166 g/mol. The largest absolute Gasteiger partial charge is 0.457 e. The molecule has 0 atom stereocenters. The molecule has 1 aromatic rings. The zero-order valence-electron chi connectivity index (χ0n) is 6.07. The van der Waals surface area contributed by atoms with Crippen molar-refractivity contribution in [3.8, 4) is 0 Å². The molecule has 1 aliphatic rings. The van der Waals surface area contributed by atoms with Gasteiger partial charge in [-0.2, -0.15) is 0 Å². The number of anilines is 2. The van der Waals surface area contributed by atoms with E-state index < -0.39 is 5.97 Å². The van der Waals surface area contributed by atoms with Gasteiger partial charge in [0.25, 0.3) is 0 Å². The number of cyclic esters (lactones) is 1. The Bertz CT molecular complexity index is 363. The number of esters is 1. The number of nitrogen functional groups attached to an aromatic ring is 2. The summed E-state index contributed by atoms with van der Waals surface area (Å²) < 4.78 is 4.71. The first-order valence-electron chi connectivity index (χ1n) is 3.28.